The van der Waals surface area contributed by atoms with E-state index in [4.69, 9.17) is 4.74 Å². The van der Waals surface area contributed by atoms with Crippen LogP contribution in [0, 0.1) is 5.82 Å². The van der Waals surface area contributed by atoms with Gasteiger partial charge in [-0.15, -0.1) is 0 Å². The first-order valence-corrected chi connectivity index (χ1v) is 10.8. The molecular formula is C16H17FN2O4S2. The Bertz CT molecular complexity index is 819. The van der Waals surface area contributed by atoms with Gasteiger partial charge < -0.3 is 9.64 Å². The fraction of sp³-hybridized carbons (Fsp3) is 0.500. The molecule has 9 heteroatoms. The van der Waals surface area contributed by atoms with E-state index in [-0.39, 0.29) is 34.5 Å². The van der Waals surface area contributed by atoms with Crippen molar-refractivity contribution in [2.24, 2.45) is 4.99 Å². The molecule has 3 atom stereocenters. The zero-order valence-electron chi connectivity index (χ0n) is 13.3. The maximum absolute atomic E-state index is 13.3. The van der Waals surface area contributed by atoms with Crippen molar-refractivity contribution in [2.45, 2.75) is 30.2 Å². The van der Waals surface area contributed by atoms with Crippen LogP contribution < -0.4 is 4.90 Å². The van der Waals surface area contributed by atoms with E-state index >= 15 is 0 Å². The molecule has 3 aliphatic rings. The maximum atomic E-state index is 13.3. The van der Waals surface area contributed by atoms with E-state index in [2.05, 4.69) is 4.99 Å². The molecule has 1 aromatic rings. The molecule has 4 rings (SSSR count). The van der Waals surface area contributed by atoms with Crippen molar-refractivity contribution in [3.63, 3.8) is 0 Å². The first-order valence-electron chi connectivity index (χ1n) is 8.09. The molecule has 134 valence electrons. The predicted octanol–water partition coefficient (Wildman–Crippen LogP) is 1.61. The molecule has 3 heterocycles. The summed E-state index contributed by atoms with van der Waals surface area (Å²) in [7, 11) is -3.12. The molecule has 0 N–H and O–H groups in total. The second kappa shape index (κ2) is 6.37. The molecule has 0 aliphatic carbocycles. The molecule has 1 amide bonds. The number of hydrogen-bond acceptors (Lipinski definition) is 5. The average Bonchev–Trinajstić information content (AvgIpc) is 3.23. The number of benzene rings is 1. The molecular weight excluding hydrogens is 367 g/mol. The zero-order chi connectivity index (χ0) is 17.6. The number of aliphatic imine (C=N–C) groups is 1. The monoisotopic (exact) mass is 384 g/mol. The van der Waals surface area contributed by atoms with Gasteiger partial charge in [-0.1, -0.05) is 11.8 Å². The van der Waals surface area contributed by atoms with Crippen LogP contribution in [0.5, 0.6) is 0 Å². The third-order valence-electron chi connectivity index (χ3n) is 4.58. The molecule has 3 aliphatic heterocycles. The lowest BCUT2D eigenvalue weighted by Crippen LogP contribution is -2.38. The van der Waals surface area contributed by atoms with Gasteiger partial charge in [0.15, 0.2) is 15.0 Å². The summed E-state index contributed by atoms with van der Waals surface area (Å²) < 4.78 is 42.6. The zero-order valence-corrected chi connectivity index (χ0v) is 14.9. The number of amidine groups is 1. The van der Waals surface area contributed by atoms with Gasteiger partial charge in [0.1, 0.15) is 11.9 Å². The summed E-state index contributed by atoms with van der Waals surface area (Å²) in [4.78, 5) is 18.3. The van der Waals surface area contributed by atoms with Crippen LogP contribution in [0.1, 0.15) is 12.8 Å². The Kier molecular flexibility index (Phi) is 4.33. The highest BCUT2D eigenvalue weighted by atomic mass is 32.2. The number of fused-ring (bicyclic) bond motifs is 1. The van der Waals surface area contributed by atoms with Crippen LogP contribution >= 0.6 is 11.8 Å². The second-order valence-electron chi connectivity index (χ2n) is 6.38. The summed E-state index contributed by atoms with van der Waals surface area (Å²) in [6, 6.07) is 5.49. The van der Waals surface area contributed by atoms with Gasteiger partial charge in [0.05, 0.1) is 17.5 Å². The van der Waals surface area contributed by atoms with Gasteiger partial charge in [-0.05, 0) is 37.1 Å². The van der Waals surface area contributed by atoms with Gasteiger partial charge in [0.2, 0.25) is 0 Å². The number of rotatable bonds is 2. The Balaban J connectivity index is 1.68. The van der Waals surface area contributed by atoms with Gasteiger partial charge >= 0.3 is 0 Å². The van der Waals surface area contributed by atoms with E-state index in [0.717, 1.165) is 6.42 Å². The van der Waals surface area contributed by atoms with Crippen molar-refractivity contribution in [2.75, 3.05) is 23.0 Å². The number of thioether (sulfide) groups is 1. The topological polar surface area (TPSA) is 76.0 Å². The van der Waals surface area contributed by atoms with Crippen LogP contribution in [0.2, 0.25) is 0 Å². The van der Waals surface area contributed by atoms with Crippen molar-refractivity contribution < 1.29 is 22.3 Å². The summed E-state index contributed by atoms with van der Waals surface area (Å²) in [6.07, 6.45) is 0.963. The van der Waals surface area contributed by atoms with Crippen LogP contribution in [-0.2, 0) is 19.4 Å². The molecule has 0 saturated carbocycles. The summed E-state index contributed by atoms with van der Waals surface area (Å²) in [5.74, 6) is -0.641. The molecule has 0 radical (unpaired) electrons. The van der Waals surface area contributed by atoms with E-state index in [1.807, 2.05) is 0 Å². The number of anilines is 1. The third kappa shape index (κ3) is 3.32. The van der Waals surface area contributed by atoms with Crippen LogP contribution in [0.25, 0.3) is 0 Å². The van der Waals surface area contributed by atoms with Crippen molar-refractivity contribution in [1.29, 1.82) is 0 Å². The molecule has 0 aromatic heterocycles. The molecule has 0 unspecified atom stereocenters. The molecule has 3 saturated heterocycles. The van der Waals surface area contributed by atoms with Crippen LogP contribution in [-0.4, -0.2) is 55.0 Å². The predicted molar refractivity (Wildman–Crippen MR) is 94.1 cm³/mol. The van der Waals surface area contributed by atoms with E-state index in [1.165, 1.54) is 23.9 Å². The number of nitrogens with zero attached hydrogens (tertiary/aromatic N) is 2. The number of ether oxygens (including phenoxy) is 1. The summed E-state index contributed by atoms with van der Waals surface area (Å²) in [5.41, 5.74) is 0.636. The molecule has 0 spiro atoms. The Hall–Kier alpha value is -1.45. The summed E-state index contributed by atoms with van der Waals surface area (Å²) in [5, 5.41) is 0.295. The summed E-state index contributed by atoms with van der Waals surface area (Å²) >= 11 is 1.30. The number of halogens is 1. The lowest BCUT2D eigenvalue weighted by atomic mass is 10.2. The van der Waals surface area contributed by atoms with Gasteiger partial charge in [0.25, 0.3) is 5.91 Å². The van der Waals surface area contributed by atoms with Crippen molar-refractivity contribution in [3.8, 4) is 0 Å². The van der Waals surface area contributed by atoms with E-state index in [0.29, 0.717) is 23.9 Å². The highest BCUT2D eigenvalue weighted by molar-refractivity contribution is 8.16. The Morgan fingerprint density at radius 2 is 2.04 bits per heavy atom. The van der Waals surface area contributed by atoms with E-state index in [9.17, 15) is 17.6 Å². The number of sulfone groups is 1. The lowest BCUT2D eigenvalue weighted by molar-refractivity contribution is -0.126. The van der Waals surface area contributed by atoms with Gasteiger partial charge in [-0.25, -0.2) is 12.8 Å². The Morgan fingerprint density at radius 1 is 1.28 bits per heavy atom. The average molecular weight is 384 g/mol. The van der Waals surface area contributed by atoms with Crippen LogP contribution in [0.3, 0.4) is 0 Å². The van der Waals surface area contributed by atoms with E-state index in [1.54, 1.807) is 17.0 Å². The van der Waals surface area contributed by atoms with Crippen molar-refractivity contribution in [1.82, 2.24) is 0 Å². The number of hydrogen-bond donors (Lipinski definition) is 0. The van der Waals surface area contributed by atoms with Crippen molar-refractivity contribution in [3.05, 3.63) is 30.1 Å². The highest BCUT2D eigenvalue weighted by Crippen LogP contribution is 2.41. The van der Waals surface area contributed by atoms with Gasteiger partial charge in [0, 0.05) is 17.5 Å². The first-order chi connectivity index (χ1) is 11.9. The minimum Gasteiger partial charge on any atom is -0.368 e. The largest absolute Gasteiger partial charge is 0.368 e. The minimum atomic E-state index is -3.12. The standard InChI is InChI=1S/C16H17FN2O4S2/c17-10-3-5-11(6-4-10)19-12-8-25(21,22)9-14(12)24-16(19)18-15(20)13-2-1-7-23-13/h3-6,12-14H,1-2,7-9H2/t12-,13-,14+/m0/s1. The summed E-state index contributed by atoms with van der Waals surface area (Å²) in [6.45, 7) is 0.555. The molecule has 6 nitrogen and oxygen atoms in total. The SMILES string of the molecule is O=C(N=C1S[C@@H]2CS(=O)(=O)C[C@@H]2N1c1ccc(F)cc1)[C@@H]1CCCO1. The third-order valence-corrected chi connectivity index (χ3v) is 7.79. The fourth-order valence-corrected chi connectivity index (χ4v) is 7.33. The highest BCUT2D eigenvalue weighted by Gasteiger charge is 2.49. The molecule has 0 bridgehead atoms. The Morgan fingerprint density at radius 3 is 2.72 bits per heavy atom. The maximum Gasteiger partial charge on any atom is 0.277 e. The second-order valence-corrected chi connectivity index (χ2v) is 9.74. The van der Waals surface area contributed by atoms with Gasteiger partial charge in [-0.3, -0.25) is 4.79 Å². The molecule has 25 heavy (non-hydrogen) atoms. The minimum absolute atomic E-state index is 0.00911. The number of carbonyl (C=O) groups is 1. The molecule has 3 fully saturated rings. The number of amides is 1. The Labute approximate surface area is 149 Å². The smallest absolute Gasteiger partial charge is 0.277 e. The van der Waals surface area contributed by atoms with Crippen LogP contribution in [0.15, 0.2) is 29.3 Å². The molecule has 1 aromatic carbocycles. The normalized spacial score (nSPS) is 32.3. The van der Waals surface area contributed by atoms with Crippen LogP contribution in [0.4, 0.5) is 10.1 Å². The fourth-order valence-electron chi connectivity index (χ4n) is 3.41. The van der Waals surface area contributed by atoms with E-state index < -0.39 is 15.9 Å². The first kappa shape index (κ1) is 17.0. The van der Waals surface area contributed by atoms with Crippen molar-refractivity contribution >= 4 is 38.4 Å². The number of carbonyl (C=O) groups excluding carboxylic acids is 1. The van der Waals surface area contributed by atoms with Gasteiger partial charge in [-0.2, -0.15) is 4.99 Å². The lowest BCUT2D eigenvalue weighted by Gasteiger charge is -2.24. The quantitative estimate of drug-likeness (QED) is 0.771.